The fourth-order valence-corrected chi connectivity index (χ4v) is 4.24. The van der Waals surface area contributed by atoms with Gasteiger partial charge in [0.2, 0.25) is 16.0 Å². The fraction of sp³-hybridized carbons (Fsp3) is 0.412. The number of aromatic nitrogens is 2. The standard InChI is InChI=1S/C17H21FN4O2S/c1-12-16(13(2)20-17(19-12)22-9-5-6-10-22)21-25(23,24)11-14-7-3-4-8-15(14)18/h3-4,7-8,21H,5-6,9-11H2,1-2H3. The molecule has 8 heteroatoms. The highest BCUT2D eigenvalue weighted by Gasteiger charge is 2.21. The minimum Gasteiger partial charge on any atom is -0.341 e. The number of nitrogens with zero attached hydrogens (tertiary/aromatic N) is 3. The van der Waals surface area contributed by atoms with Gasteiger partial charge in [0.1, 0.15) is 5.82 Å². The second-order valence-electron chi connectivity index (χ2n) is 6.22. The van der Waals surface area contributed by atoms with Crippen LogP contribution in [-0.4, -0.2) is 31.5 Å². The molecular weight excluding hydrogens is 343 g/mol. The van der Waals surface area contributed by atoms with Gasteiger partial charge in [-0.2, -0.15) is 0 Å². The molecule has 3 rings (SSSR count). The Labute approximate surface area is 147 Å². The third-order valence-corrected chi connectivity index (χ3v) is 5.42. The molecule has 25 heavy (non-hydrogen) atoms. The van der Waals surface area contributed by atoms with Crippen molar-refractivity contribution in [2.45, 2.75) is 32.4 Å². The summed E-state index contributed by atoms with van der Waals surface area (Å²) < 4.78 is 41.1. The van der Waals surface area contributed by atoms with Crippen molar-refractivity contribution in [1.82, 2.24) is 9.97 Å². The van der Waals surface area contributed by atoms with E-state index >= 15 is 0 Å². The maximum Gasteiger partial charge on any atom is 0.237 e. The van der Waals surface area contributed by atoms with Gasteiger partial charge in [0.15, 0.2) is 0 Å². The van der Waals surface area contributed by atoms with Crippen LogP contribution in [0.5, 0.6) is 0 Å². The molecule has 1 aliphatic heterocycles. The van der Waals surface area contributed by atoms with Gasteiger partial charge < -0.3 is 4.90 Å². The maximum atomic E-state index is 13.7. The van der Waals surface area contributed by atoms with E-state index in [2.05, 4.69) is 19.6 Å². The smallest absolute Gasteiger partial charge is 0.237 e. The molecule has 2 aromatic rings. The molecule has 2 heterocycles. The van der Waals surface area contributed by atoms with E-state index < -0.39 is 21.6 Å². The van der Waals surface area contributed by atoms with Crippen LogP contribution in [0.25, 0.3) is 0 Å². The highest BCUT2D eigenvalue weighted by Crippen LogP contribution is 2.24. The number of benzene rings is 1. The summed E-state index contributed by atoms with van der Waals surface area (Å²) in [5, 5.41) is 0. The van der Waals surface area contributed by atoms with Crippen LogP contribution < -0.4 is 9.62 Å². The molecule has 0 unspecified atom stereocenters. The first-order chi connectivity index (χ1) is 11.9. The Bertz CT molecular complexity index is 857. The molecule has 0 radical (unpaired) electrons. The molecule has 0 aliphatic carbocycles. The Kier molecular flexibility index (Phi) is 4.89. The van der Waals surface area contributed by atoms with Gasteiger partial charge in [-0.05, 0) is 32.8 Å². The molecule has 0 bridgehead atoms. The summed E-state index contributed by atoms with van der Waals surface area (Å²) in [7, 11) is -3.77. The van der Waals surface area contributed by atoms with E-state index in [0.29, 0.717) is 23.0 Å². The number of sulfonamides is 1. The first kappa shape index (κ1) is 17.6. The van der Waals surface area contributed by atoms with Crippen molar-refractivity contribution < 1.29 is 12.8 Å². The number of anilines is 2. The van der Waals surface area contributed by atoms with E-state index in [1.165, 1.54) is 18.2 Å². The van der Waals surface area contributed by atoms with Gasteiger partial charge in [-0.3, -0.25) is 4.72 Å². The van der Waals surface area contributed by atoms with Crippen LogP contribution in [-0.2, 0) is 15.8 Å². The number of halogens is 1. The molecule has 134 valence electrons. The number of aryl methyl sites for hydroxylation is 2. The summed E-state index contributed by atoms with van der Waals surface area (Å²) in [5.41, 5.74) is 1.61. The lowest BCUT2D eigenvalue weighted by molar-refractivity contribution is 0.591. The van der Waals surface area contributed by atoms with Crippen LogP contribution in [0.1, 0.15) is 29.8 Å². The van der Waals surface area contributed by atoms with Crippen LogP contribution >= 0.6 is 0 Å². The van der Waals surface area contributed by atoms with Crippen molar-refractivity contribution in [3.8, 4) is 0 Å². The minimum atomic E-state index is -3.77. The zero-order valence-corrected chi connectivity index (χ0v) is 15.1. The van der Waals surface area contributed by atoms with E-state index in [1.54, 1.807) is 19.9 Å². The minimum absolute atomic E-state index is 0.125. The van der Waals surface area contributed by atoms with E-state index in [1.807, 2.05) is 0 Å². The van der Waals surface area contributed by atoms with Gasteiger partial charge in [0, 0.05) is 18.7 Å². The topological polar surface area (TPSA) is 75.2 Å². The summed E-state index contributed by atoms with van der Waals surface area (Å²) in [5.74, 6) is -0.349. The Morgan fingerprint density at radius 1 is 1.12 bits per heavy atom. The zero-order chi connectivity index (χ0) is 18.0. The lowest BCUT2D eigenvalue weighted by atomic mass is 10.2. The highest BCUT2D eigenvalue weighted by molar-refractivity contribution is 7.91. The van der Waals surface area contributed by atoms with E-state index in [0.717, 1.165) is 25.9 Å². The van der Waals surface area contributed by atoms with Crippen molar-refractivity contribution in [2.75, 3.05) is 22.7 Å². The Hall–Kier alpha value is -2.22. The van der Waals surface area contributed by atoms with Crippen LogP contribution in [0.15, 0.2) is 24.3 Å². The quantitative estimate of drug-likeness (QED) is 0.883. The van der Waals surface area contributed by atoms with Crippen molar-refractivity contribution in [1.29, 1.82) is 0 Å². The predicted octanol–water partition coefficient (Wildman–Crippen LogP) is 2.77. The lowest BCUT2D eigenvalue weighted by Gasteiger charge is -2.19. The average molecular weight is 364 g/mol. The molecular formula is C17H21FN4O2S. The molecule has 1 fully saturated rings. The van der Waals surface area contributed by atoms with Gasteiger partial charge in [0.05, 0.1) is 22.8 Å². The van der Waals surface area contributed by atoms with Crippen LogP contribution in [0, 0.1) is 19.7 Å². The third kappa shape index (κ3) is 4.07. The first-order valence-electron chi connectivity index (χ1n) is 8.20. The van der Waals surface area contributed by atoms with Crippen molar-refractivity contribution in [3.63, 3.8) is 0 Å². The molecule has 0 spiro atoms. The molecule has 1 aromatic carbocycles. The van der Waals surface area contributed by atoms with E-state index in [-0.39, 0.29) is 5.56 Å². The predicted molar refractivity (Wildman–Crippen MR) is 95.6 cm³/mol. The largest absolute Gasteiger partial charge is 0.341 e. The van der Waals surface area contributed by atoms with Crippen LogP contribution in [0.3, 0.4) is 0 Å². The maximum absolute atomic E-state index is 13.7. The third-order valence-electron chi connectivity index (χ3n) is 4.21. The molecule has 1 saturated heterocycles. The summed E-state index contributed by atoms with van der Waals surface area (Å²) in [6.07, 6.45) is 2.22. The van der Waals surface area contributed by atoms with Crippen molar-refractivity contribution in [2.24, 2.45) is 0 Å². The summed E-state index contributed by atoms with van der Waals surface area (Å²) in [6, 6.07) is 5.84. The lowest BCUT2D eigenvalue weighted by Crippen LogP contribution is -2.23. The van der Waals surface area contributed by atoms with E-state index in [4.69, 9.17) is 0 Å². The zero-order valence-electron chi connectivity index (χ0n) is 14.3. The molecule has 0 atom stereocenters. The molecule has 1 aromatic heterocycles. The van der Waals surface area contributed by atoms with Gasteiger partial charge in [-0.25, -0.2) is 22.8 Å². The monoisotopic (exact) mass is 364 g/mol. The number of hydrogen-bond acceptors (Lipinski definition) is 5. The first-order valence-corrected chi connectivity index (χ1v) is 9.85. The number of hydrogen-bond donors (Lipinski definition) is 1. The Balaban J connectivity index is 1.83. The number of nitrogens with one attached hydrogen (secondary N) is 1. The normalized spacial score (nSPS) is 14.8. The Morgan fingerprint density at radius 2 is 1.72 bits per heavy atom. The summed E-state index contributed by atoms with van der Waals surface area (Å²) in [4.78, 5) is 11.0. The highest BCUT2D eigenvalue weighted by atomic mass is 32.2. The molecule has 0 amide bonds. The summed E-state index contributed by atoms with van der Waals surface area (Å²) >= 11 is 0. The average Bonchev–Trinajstić information content (AvgIpc) is 3.07. The molecule has 1 N–H and O–H groups in total. The number of rotatable bonds is 5. The van der Waals surface area contributed by atoms with E-state index in [9.17, 15) is 12.8 Å². The molecule has 1 aliphatic rings. The van der Waals surface area contributed by atoms with Gasteiger partial charge >= 0.3 is 0 Å². The van der Waals surface area contributed by atoms with Gasteiger partial charge in [-0.15, -0.1) is 0 Å². The fourth-order valence-electron chi connectivity index (χ4n) is 2.92. The second-order valence-corrected chi connectivity index (χ2v) is 7.94. The molecule has 6 nitrogen and oxygen atoms in total. The Morgan fingerprint density at radius 3 is 2.32 bits per heavy atom. The SMILES string of the molecule is Cc1nc(N2CCCC2)nc(C)c1NS(=O)(=O)Cc1ccccc1F. The van der Waals surface area contributed by atoms with Gasteiger partial charge in [-0.1, -0.05) is 18.2 Å². The van der Waals surface area contributed by atoms with Crippen LogP contribution in [0.4, 0.5) is 16.0 Å². The van der Waals surface area contributed by atoms with Gasteiger partial charge in [0.25, 0.3) is 0 Å². The van der Waals surface area contributed by atoms with Crippen molar-refractivity contribution >= 4 is 21.7 Å². The second kappa shape index (κ2) is 6.95. The molecule has 0 saturated carbocycles. The van der Waals surface area contributed by atoms with Crippen LogP contribution in [0.2, 0.25) is 0 Å². The summed E-state index contributed by atoms with van der Waals surface area (Å²) in [6.45, 7) is 5.32. The van der Waals surface area contributed by atoms with Crippen molar-refractivity contribution in [3.05, 3.63) is 47.0 Å².